The number of hydrogen-bond donors (Lipinski definition) is 2. The summed E-state index contributed by atoms with van der Waals surface area (Å²) in [5.74, 6) is 0.193. The van der Waals surface area contributed by atoms with Crippen LogP contribution in [0.15, 0.2) is 18.2 Å². The normalized spacial score (nSPS) is 18.4. The Morgan fingerprint density at radius 3 is 2.37 bits per heavy atom. The van der Waals surface area contributed by atoms with Gasteiger partial charge < -0.3 is 10.6 Å². The van der Waals surface area contributed by atoms with E-state index >= 15 is 0 Å². The van der Waals surface area contributed by atoms with E-state index in [0.717, 1.165) is 26.2 Å². The lowest BCUT2D eigenvalue weighted by atomic mass is 9.99. The fourth-order valence-electron chi connectivity index (χ4n) is 2.84. The molecule has 1 unspecified atom stereocenters. The molecule has 3 N–H and O–H groups in total. The predicted molar refractivity (Wildman–Crippen MR) is 79.4 cm³/mol. The maximum Gasteiger partial charge on any atom is 0.188 e. The first-order valence-electron chi connectivity index (χ1n) is 6.89. The molecule has 0 aromatic heterocycles. The van der Waals surface area contributed by atoms with Gasteiger partial charge in [-0.25, -0.2) is 0 Å². The minimum atomic E-state index is 0.193. The molecule has 1 aromatic rings. The van der Waals surface area contributed by atoms with Crippen molar-refractivity contribution in [3.63, 3.8) is 0 Å². The third-order valence-corrected chi connectivity index (χ3v) is 4.08. The van der Waals surface area contributed by atoms with Crippen molar-refractivity contribution in [3.05, 3.63) is 34.9 Å². The van der Waals surface area contributed by atoms with Gasteiger partial charge in [-0.1, -0.05) is 23.8 Å². The second kappa shape index (κ2) is 5.61. The first-order chi connectivity index (χ1) is 8.99. The standard InChI is InChI=1S/C15H24N4/c1-11-4-5-14(12(2)10-11)13(3)18-6-8-19(9-7-18)15(16)17/h4-5,10,13H,6-9H2,1-3H3,(H3,16,17). The number of piperazine rings is 1. The molecule has 1 fully saturated rings. The molecule has 1 aliphatic heterocycles. The number of nitrogens with zero attached hydrogens (tertiary/aromatic N) is 2. The van der Waals surface area contributed by atoms with Gasteiger partial charge in [0.1, 0.15) is 0 Å². The molecule has 0 radical (unpaired) electrons. The summed E-state index contributed by atoms with van der Waals surface area (Å²) in [5, 5.41) is 7.47. The van der Waals surface area contributed by atoms with E-state index in [4.69, 9.17) is 11.1 Å². The zero-order valence-corrected chi connectivity index (χ0v) is 12.1. The Morgan fingerprint density at radius 1 is 1.21 bits per heavy atom. The van der Waals surface area contributed by atoms with Gasteiger partial charge in [0.2, 0.25) is 0 Å². The van der Waals surface area contributed by atoms with Crippen molar-refractivity contribution in [1.29, 1.82) is 5.41 Å². The van der Waals surface area contributed by atoms with Crippen molar-refractivity contribution in [3.8, 4) is 0 Å². The van der Waals surface area contributed by atoms with E-state index in [0.29, 0.717) is 6.04 Å². The molecule has 0 amide bonds. The van der Waals surface area contributed by atoms with Crippen molar-refractivity contribution in [2.24, 2.45) is 5.73 Å². The quantitative estimate of drug-likeness (QED) is 0.630. The van der Waals surface area contributed by atoms with Gasteiger partial charge in [-0.3, -0.25) is 10.3 Å². The molecule has 19 heavy (non-hydrogen) atoms. The lowest BCUT2D eigenvalue weighted by Crippen LogP contribution is -2.51. The number of guanidine groups is 1. The van der Waals surface area contributed by atoms with E-state index in [1.807, 2.05) is 4.90 Å². The number of rotatable bonds is 2. The monoisotopic (exact) mass is 260 g/mol. The Labute approximate surface area is 115 Å². The van der Waals surface area contributed by atoms with Crippen LogP contribution >= 0.6 is 0 Å². The molecule has 104 valence electrons. The number of nitrogens with one attached hydrogen (secondary N) is 1. The fraction of sp³-hybridized carbons (Fsp3) is 0.533. The molecule has 1 aliphatic rings. The molecule has 0 spiro atoms. The Kier molecular flexibility index (Phi) is 4.10. The molecule has 1 heterocycles. The molecule has 0 bridgehead atoms. The summed E-state index contributed by atoms with van der Waals surface area (Å²) in [6.07, 6.45) is 0. The Morgan fingerprint density at radius 2 is 1.84 bits per heavy atom. The van der Waals surface area contributed by atoms with Crippen LogP contribution in [0.3, 0.4) is 0 Å². The Hall–Kier alpha value is -1.55. The van der Waals surface area contributed by atoms with Crippen molar-refractivity contribution in [2.45, 2.75) is 26.8 Å². The number of hydrogen-bond acceptors (Lipinski definition) is 2. The van der Waals surface area contributed by atoms with Crippen LogP contribution in [0, 0.1) is 19.3 Å². The Balaban J connectivity index is 2.05. The van der Waals surface area contributed by atoms with Gasteiger partial charge >= 0.3 is 0 Å². The summed E-state index contributed by atoms with van der Waals surface area (Å²) in [7, 11) is 0. The zero-order valence-electron chi connectivity index (χ0n) is 12.1. The van der Waals surface area contributed by atoms with Gasteiger partial charge in [0.05, 0.1) is 0 Å². The van der Waals surface area contributed by atoms with E-state index in [9.17, 15) is 0 Å². The van der Waals surface area contributed by atoms with Gasteiger partial charge in [0, 0.05) is 32.2 Å². The average molecular weight is 260 g/mol. The van der Waals surface area contributed by atoms with Crippen LogP contribution < -0.4 is 5.73 Å². The summed E-state index contributed by atoms with van der Waals surface area (Å²) < 4.78 is 0. The predicted octanol–water partition coefficient (Wildman–Crippen LogP) is 1.88. The summed E-state index contributed by atoms with van der Waals surface area (Å²) in [4.78, 5) is 4.41. The molecule has 4 nitrogen and oxygen atoms in total. The van der Waals surface area contributed by atoms with Crippen LogP contribution in [-0.4, -0.2) is 41.9 Å². The highest BCUT2D eigenvalue weighted by Crippen LogP contribution is 2.25. The highest BCUT2D eigenvalue weighted by molar-refractivity contribution is 5.74. The van der Waals surface area contributed by atoms with Crippen LogP contribution in [0.25, 0.3) is 0 Å². The molecule has 1 aromatic carbocycles. The minimum absolute atomic E-state index is 0.193. The summed E-state index contributed by atoms with van der Waals surface area (Å²) in [6, 6.07) is 7.10. The topological polar surface area (TPSA) is 56.4 Å². The van der Waals surface area contributed by atoms with Crippen LogP contribution in [0.5, 0.6) is 0 Å². The van der Waals surface area contributed by atoms with Gasteiger partial charge in [0.15, 0.2) is 5.96 Å². The minimum Gasteiger partial charge on any atom is -0.370 e. The number of nitrogens with two attached hydrogens (primary N) is 1. The summed E-state index contributed by atoms with van der Waals surface area (Å²) in [5.41, 5.74) is 9.61. The number of benzene rings is 1. The maximum atomic E-state index is 7.47. The van der Waals surface area contributed by atoms with Crippen molar-refractivity contribution in [1.82, 2.24) is 9.80 Å². The maximum absolute atomic E-state index is 7.47. The SMILES string of the molecule is Cc1ccc(C(C)N2CCN(C(=N)N)CC2)c(C)c1. The summed E-state index contributed by atoms with van der Waals surface area (Å²) in [6.45, 7) is 10.2. The van der Waals surface area contributed by atoms with Crippen LogP contribution in [0.1, 0.15) is 29.7 Å². The Bertz CT molecular complexity index is 461. The van der Waals surface area contributed by atoms with E-state index in [1.165, 1.54) is 16.7 Å². The van der Waals surface area contributed by atoms with E-state index in [1.54, 1.807) is 0 Å². The van der Waals surface area contributed by atoms with Gasteiger partial charge in [0.25, 0.3) is 0 Å². The molecular weight excluding hydrogens is 236 g/mol. The largest absolute Gasteiger partial charge is 0.370 e. The van der Waals surface area contributed by atoms with E-state index in [-0.39, 0.29) is 5.96 Å². The highest BCUT2D eigenvalue weighted by Gasteiger charge is 2.23. The van der Waals surface area contributed by atoms with Crippen molar-refractivity contribution >= 4 is 5.96 Å². The van der Waals surface area contributed by atoms with Crippen molar-refractivity contribution < 1.29 is 0 Å². The first-order valence-corrected chi connectivity index (χ1v) is 6.89. The third-order valence-electron chi connectivity index (χ3n) is 4.08. The third kappa shape index (κ3) is 3.07. The first kappa shape index (κ1) is 13.9. The molecule has 1 saturated heterocycles. The van der Waals surface area contributed by atoms with Gasteiger partial charge in [-0.2, -0.15) is 0 Å². The average Bonchev–Trinajstić information content (AvgIpc) is 2.38. The van der Waals surface area contributed by atoms with Crippen molar-refractivity contribution in [2.75, 3.05) is 26.2 Å². The van der Waals surface area contributed by atoms with Crippen LogP contribution in [-0.2, 0) is 0 Å². The molecule has 2 rings (SSSR count). The molecule has 0 aliphatic carbocycles. The van der Waals surface area contributed by atoms with E-state index in [2.05, 4.69) is 43.9 Å². The molecule has 1 atom stereocenters. The lowest BCUT2D eigenvalue weighted by molar-refractivity contribution is 0.139. The second-order valence-electron chi connectivity index (χ2n) is 5.44. The van der Waals surface area contributed by atoms with Crippen LogP contribution in [0.2, 0.25) is 0 Å². The molecule has 4 heteroatoms. The smallest absolute Gasteiger partial charge is 0.188 e. The van der Waals surface area contributed by atoms with E-state index < -0.39 is 0 Å². The summed E-state index contributed by atoms with van der Waals surface area (Å²) >= 11 is 0. The fourth-order valence-corrected chi connectivity index (χ4v) is 2.84. The molecular formula is C15H24N4. The van der Waals surface area contributed by atoms with Crippen LogP contribution in [0.4, 0.5) is 0 Å². The molecule has 0 saturated carbocycles. The highest BCUT2D eigenvalue weighted by atomic mass is 15.3. The van der Waals surface area contributed by atoms with Gasteiger partial charge in [-0.05, 0) is 31.9 Å². The second-order valence-corrected chi connectivity index (χ2v) is 5.44. The van der Waals surface area contributed by atoms with Gasteiger partial charge in [-0.15, -0.1) is 0 Å². The number of aryl methyl sites for hydroxylation is 2. The lowest BCUT2D eigenvalue weighted by Gasteiger charge is -2.38. The zero-order chi connectivity index (χ0) is 14.0.